The monoisotopic (exact) mass is 549 g/mol. The number of nitriles is 1. The molecule has 1 atom stereocenters. The summed E-state index contributed by atoms with van der Waals surface area (Å²) in [6.45, 7) is 6.14. The summed E-state index contributed by atoms with van der Waals surface area (Å²) in [4.78, 5) is 31.9. The van der Waals surface area contributed by atoms with Crippen LogP contribution in [0.2, 0.25) is 0 Å². The number of fused-ring (bicyclic) bond motifs is 1. The second-order valence-electron chi connectivity index (χ2n) is 9.38. The van der Waals surface area contributed by atoms with Gasteiger partial charge in [-0.1, -0.05) is 65.4 Å². The molecule has 2 heterocycles. The second kappa shape index (κ2) is 11.6. The first-order valence-corrected chi connectivity index (χ1v) is 13.7. The van der Waals surface area contributed by atoms with Gasteiger partial charge in [0.25, 0.3) is 5.56 Å². The first-order valence-electron chi connectivity index (χ1n) is 12.9. The van der Waals surface area contributed by atoms with E-state index in [2.05, 4.69) is 11.1 Å². The number of allylic oxidation sites excluding steroid dienone is 1. The lowest BCUT2D eigenvalue weighted by atomic mass is 9.95. The van der Waals surface area contributed by atoms with Crippen molar-refractivity contribution in [3.8, 4) is 11.8 Å². The summed E-state index contributed by atoms with van der Waals surface area (Å²) in [6.07, 6.45) is 1.82. The summed E-state index contributed by atoms with van der Waals surface area (Å²) in [7, 11) is 0. The third-order valence-electron chi connectivity index (χ3n) is 6.58. The Bertz CT molecular complexity index is 1810. The van der Waals surface area contributed by atoms with E-state index in [0.29, 0.717) is 38.5 Å². The van der Waals surface area contributed by atoms with Gasteiger partial charge >= 0.3 is 5.97 Å². The molecule has 1 aliphatic heterocycles. The molecule has 5 rings (SSSR count). The van der Waals surface area contributed by atoms with Gasteiger partial charge in [-0.3, -0.25) is 9.36 Å². The van der Waals surface area contributed by atoms with Crippen molar-refractivity contribution < 1.29 is 14.3 Å². The topological polar surface area (TPSA) is 93.7 Å². The van der Waals surface area contributed by atoms with Crippen LogP contribution >= 0.6 is 11.3 Å². The first kappa shape index (κ1) is 26.9. The molecule has 0 unspecified atom stereocenters. The zero-order valence-electron chi connectivity index (χ0n) is 22.4. The van der Waals surface area contributed by atoms with E-state index >= 15 is 0 Å². The predicted molar refractivity (Wildman–Crippen MR) is 154 cm³/mol. The standard InChI is InChI=1S/C32H27N3O4S/c1-4-38-31(37)28-21(3)34-32-35(29(28)25-13-5-20(2)6-14-25)30(36)27(40-32)17-22-11-15-26(16-12-22)39-19-24-9-7-23(18-33)8-10-24/h5-17,29H,4,19H2,1-3H3/b27-17-/t29-/m1/s1. The minimum absolute atomic E-state index is 0.218. The van der Waals surface area contributed by atoms with Crippen molar-refractivity contribution in [1.29, 1.82) is 5.26 Å². The van der Waals surface area contributed by atoms with Crippen molar-refractivity contribution in [3.63, 3.8) is 0 Å². The zero-order valence-corrected chi connectivity index (χ0v) is 23.2. The van der Waals surface area contributed by atoms with Gasteiger partial charge in [0.15, 0.2) is 4.80 Å². The quantitative estimate of drug-likeness (QED) is 0.315. The Hall–Kier alpha value is -4.74. The van der Waals surface area contributed by atoms with Crippen LogP contribution in [0.4, 0.5) is 0 Å². The molecule has 3 aromatic carbocycles. The molecule has 1 aromatic heterocycles. The maximum absolute atomic E-state index is 13.7. The van der Waals surface area contributed by atoms with Crippen LogP contribution in [0.5, 0.6) is 5.75 Å². The van der Waals surface area contributed by atoms with E-state index < -0.39 is 12.0 Å². The maximum atomic E-state index is 13.7. The fraction of sp³-hybridized carbons (Fsp3) is 0.188. The lowest BCUT2D eigenvalue weighted by molar-refractivity contribution is -0.139. The van der Waals surface area contributed by atoms with E-state index in [4.69, 9.17) is 14.7 Å². The van der Waals surface area contributed by atoms with Gasteiger partial charge in [-0.15, -0.1) is 0 Å². The zero-order chi connectivity index (χ0) is 28.2. The van der Waals surface area contributed by atoms with Crippen LogP contribution in [0.1, 0.15) is 47.7 Å². The van der Waals surface area contributed by atoms with Crippen molar-refractivity contribution in [2.75, 3.05) is 6.61 Å². The van der Waals surface area contributed by atoms with Crippen LogP contribution in [0.25, 0.3) is 6.08 Å². The van der Waals surface area contributed by atoms with E-state index in [9.17, 15) is 9.59 Å². The van der Waals surface area contributed by atoms with Crippen molar-refractivity contribution in [3.05, 3.63) is 132 Å². The smallest absolute Gasteiger partial charge is 0.338 e. The largest absolute Gasteiger partial charge is 0.489 e. The molecule has 0 spiro atoms. The van der Waals surface area contributed by atoms with E-state index in [0.717, 1.165) is 22.3 Å². The molecule has 1 aliphatic rings. The lowest BCUT2D eigenvalue weighted by Crippen LogP contribution is -2.39. The number of rotatable bonds is 7. The Morgan fingerprint density at radius 3 is 2.40 bits per heavy atom. The van der Waals surface area contributed by atoms with Crippen molar-refractivity contribution in [1.82, 2.24) is 4.57 Å². The minimum Gasteiger partial charge on any atom is -0.489 e. The summed E-state index contributed by atoms with van der Waals surface area (Å²) in [5.41, 5.74) is 5.00. The van der Waals surface area contributed by atoms with E-state index in [1.807, 2.05) is 73.7 Å². The average molecular weight is 550 g/mol. The number of carbonyl (C=O) groups is 1. The SMILES string of the molecule is CCOC(=O)C1=C(C)N=c2s/c(=C\c3ccc(OCc4ccc(C#N)cc4)cc3)c(=O)n2[C@@H]1c1ccc(C)cc1. The van der Waals surface area contributed by atoms with Gasteiger partial charge in [0, 0.05) is 0 Å². The van der Waals surface area contributed by atoms with Crippen LogP contribution in [0.3, 0.4) is 0 Å². The average Bonchev–Trinajstić information content (AvgIpc) is 3.26. The molecule has 0 N–H and O–H groups in total. The molecule has 4 aromatic rings. The molecule has 0 saturated heterocycles. The number of esters is 1. The number of aryl methyl sites for hydroxylation is 1. The Kier molecular flexibility index (Phi) is 7.76. The van der Waals surface area contributed by atoms with Gasteiger partial charge < -0.3 is 9.47 Å². The number of aromatic nitrogens is 1. The van der Waals surface area contributed by atoms with Gasteiger partial charge in [0.1, 0.15) is 12.4 Å². The normalized spacial score (nSPS) is 14.8. The molecule has 8 heteroatoms. The van der Waals surface area contributed by atoms with Crippen LogP contribution in [-0.4, -0.2) is 17.1 Å². The molecule has 0 amide bonds. The van der Waals surface area contributed by atoms with Crippen LogP contribution in [0.15, 0.2) is 93.9 Å². The number of thiazole rings is 1. The molecule has 0 saturated carbocycles. The fourth-order valence-electron chi connectivity index (χ4n) is 4.51. The minimum atomic E-state index is -0.629. The van der Waals surface area contributed by atoms with Gasteiger partial charge in [-0.05, 0) is 67.8 Å². The summed E-state index contributed by atoms with van der Waals surface area (Å²) in [5.74, 6) is 0.220. The van der Waals surface area contributed by atoms with E-state index in [1.165, 1.54) is 11.3 Å². The summed E-state index contributed by atoms with van der Waals surface area (Å²) < 4.78 is 13.3. The summed E-state index contributed by atoms with van der Waals surface area (Å²) >= 11 is 1.29. The third kappa shape index (κ3) is 5.51. The van der Waals surface area contributed by atoms with E-state index in [-0.39, 0.29) is 12.2 Å². The molecule has 0 radical (unpaired) electrons. The predicted octanol–water partition coefficient (Wildman–Crippen LogP) is 4.56. The van der Waals surface area contributed by atoms with Gasteiger partial charge in [-0.2, -0.15) is 5.26 Å². The molecule has 200 valence electrons. The summed E-state index contributed by atoms with van der Waals surface area (Å²) in [5, 5.41) is 8.94. The van der Waals surface area contributed by atoms with Crippen molar-refractivity contribution in [2.45, 2.75) is 33.4 Å². The Morgan fingerprint density at radius 1 is 1.05 bits per heavy atom. The molecule has 0 bridgehead atoms. The Balaban J connectivity index is 1.46. The maximum Gasteiger partial charge on any atom is 0.338 e. The number of carbonyl (C=O) groups excluding carboxylic acids is 1. The van der Waals surface area contributed by atoms with Crippen LogP contribution in [-0.2, 0) is 16.1 Å². The molecule has 0 fully saturated rings. The molecular weight excluding hydrogens is 522 g/mol. The highest BCUT2D eigenvalue weighted by Gasteiger charge is 2.33. The van der Waals surface area contributed by atoms with Crippen molar-refractivity contribution in [2.24, 2.45) is 4.99 Å². The first-order chi connectivity index (χ1) is 19.4. The van der Waals surface area contributed by atoms with Crippen LogP contribution in [0, 0.1) is 18.3 Å². The highest BCUT2D eigenvalue weighted by atomic mass is 32.1. The molecular formula is C32H27N3O4S. The third-order valence-corrected chi connectivity index (χ3v) is 7.56. The van der Waals surface area contributed by atoms with Gasteiger partial charge in [0.2, 0.25) is 0 Å². The number of hydrogen-bond acceptors (Lipinski definition) is 7. The van der Waals surface area contributed by atoms with E-state index in [1.54, 1.807) is 30.5 Å². The lowest BCUT2D eigenvalue weighted by Gasteiger charge is -2.24. The van der Waals surface area contributed by atoms with Crippen molar-refractivity contribution >= 4 is 23.4 Å². The molecule has 7 nitrogen and oxygen atoms in total. The second-order valence-corrected chi connectivity index (χ2v) is 10.4. The number of nitrogens with zero attached hydrogens (tertiary/aromatic N) is 3. The van der Waals surface area contributed by atoms with Gasteiger partial charge in [0.05, 0.1) is 40.1 Å². The number of hydrogen-bond donors (Lipinski definition) is 0. The Labute approximate surface area is 235 Å². The van der Waals surface area contributed by atoms with Crippen LogP contribution < -0.4 is 19.6 Å². The molecule has 0 aliphatic carbocycles. The Morgan fingerprint density at radius 2 is 1.75 bits per heavy atom. The number of ether oxygens (including phenoxy) is 2. The van der Waals surface area contributed by atoms with Gasteiger partial charge in [-0.25, -0.2) is 9.79 Å². The molecule has 40 heavy (non-hydrogen) atoms. The highest BCUT2D eigenvalue weighted by Crippen LogP contribution is 2.30. The summed E-state index contributed by atoms with van der Waals surface area (Å²) in [6, 6.07) is 24.0. The highest BCUT2D eigenvalue weighted by molar-refractivity contribution is 7.07. The number of benzene rings is 3. The fourth-order valence-corrected chi connectivity index (χ4v) is 5.56.